The third kappa shape index (κ3) is 3.39. The number of benzene rings is 2. The Morgan fingerprint density at radius 2 is 1.76 bits per heavy atom. The molecule has 0 spiro atoms. The summed E-state index contributed by atoms with van der Waals surface area (Å²) in [5.74, 6) is -2.44. The van der Waals surface area contributed by atoms with Crippen LogP contribution in [0.15, 0.2) is 42.5 Å². The molecule has 2 nitrogen and oxygen atoms in total. The zero-order valence-corrected chi connectivity index (χ0v) is 10.6. The van der Waals surface area contributed by atoms with Gasteiger partial charge in [0.1, 0.15) is 11.6 Å². The van der Waals surface area contributed by atoms with Gasteiger partial charge >= 0.3 is 6.18 Å². The average molecular weight is 298 g/mol. The van der Waals surface area contributed by atoms with Gasteiger partial charge in [0.25, 0.3) is 0 Å². The van der Waals surface area contributed by atoms with Crippen LogP contribution in [-0.4, -0.2) is 10.9 Å². The lowest BCUT2D eigenvalue weighted by molar-refractivity contribution is -0.140. The standard InChI is InChI=1S/C15H10F4O2/c16-14-11(5-2-6-12(14)15(17,18)19)13(21)8-9-3-1-4-10(20)7-9/h1-7,20H,8H2. The fourth-order valence-corrected chi connectivity index (χ4v) is 1.91. The van der Waals surface area contributed by atoms with Crippen molar-refractivity contribution in [1.82, 2.24) is 0 Å². The van der Waals surface area contributed by atoms with E-state index in [9.17, 15) is 27.5 Å². The van der Waals surface area contributed by atoms with Gasteiger partial charge in [-0.05, 0) is 29.8 Å². The number of Topliss-reactive ketones (excluding diaryl/α,β-unsaturated/α-hetero) is 1. The van der Waals surface area contributed by atoms with Gasteiger partial charge in [0, 0.05) is 6.42 Å². The van der Waals surface area contributed by atoms with Crippen LogP contribution in [0.1, 0.15) is 21.5 Å². The van der Waals surface area contributed by atoms with E-state index in [1.807, 2.05) is 0 Å². The zero-order chi connectivity index (χ0) is 15.6. The molecule has 110 valence electrons. The SMILES string of the molecule is O=C(Cc1cccc(O)c1)c1cccc(C(F)(F)F)c1F. The van der Waals surface area contributed by atoms with Crippen molar-refractivity contribution in [2.75, 3.05) is 0 Å². The minimum atomic E-state index is -4.86. The molecule has 0 unspecified atom stereocenters. The van der Waals surface area contributed by atoms with Crippen molar-refractivity contribution in [1.29, 1.82) is 0 Å². The van der Waals surface area contributed by atoms with E-state index in [0.717, 1.165) is 12.1 Å². The lowest BCUT2D eigenvalue weighted by Crippen LogP contribution is -2.13. The van der Waals surface area contributed by atoms with Crippen molar-refractivity contribution in [3.63, 3.8) is 0 Å². The molecule has 0 heterocycles. The number of ketones is 1. The highest BCUT2D eigenvalue weighted by Gasteiger charge is 2.35. The topological polar surface area (TPSA) is 37.3 Å². The normalized spacial score (nSPS) is 11.4. The number of phenols is 1. The molecule has 0 radical (unpaired) electrons. The molecule has 21 heavy (non-hydrogen) atoms. The maximum atomic E-state index is 13.8. The molecule has 1 N–H and O–H groups in total. The second-order valence-corrected chi connectivity index (χ2v) is 4.43. The third-order valence-electron chi connectivity index (χ3n) is 2.88. The van der Waals surface area contributed by atoms with Gasteiger partial charge in [-0.15, -0.1) is 0 Å². The highest BCUT2D eigenvalue weighted by atomic mass is 19.4. The van der Waals surface area contributed by atoms with Crippen molar-refractivity contribution in [2.45, 2.75) is 12.6 Å². The molecule has 0 amide bonds. The molecule has 6 heteroatoms. The molecule has 2 aromatic rings. The van der Waals surface area contributed by atoms with Crippen molar-refractivity contribution >= 4 is 5.78 Å². The first-order valence-electron chi connectivity index (χ1n) is 5.96. The number of phenolic OH excluding ortho intramolecular Hbond substituents is 1. The van der Waals surface area contributed by atoms with Crippen LogP contribution in [0.4, 0.5) is 17.6 Å². The average Bonchev–Trinajstić information content (AvgIpc) is 2.37. The summed E-state index contributed by atoms with van der Waals surface area (Å²) in [6.07, 6.45) is -5.15. The molecule has 0 saturated heterocycles. The second-order valence-electron chi connectivity index (χ2n) is 4.43. The molecule has 0 saturated carbocycles. The summed E-state index contributed by atoms with van der Waals surface area (Å²) in [5, 5.41) is 9.27. The van der Waals surface area contributed by atoms with E-state index in [-0.39, 0.29) is 12.2 Å². The largest absolute Gasteiger partial charge is 0.508 e. The smallest absolute Gasteiger partial charge is 0.419 e. The predicted molar refractivity (Wildman–Crippen MR) is 67.5 cm³/mol. The minimum Gasteiger partial charge on any atom is -0.508 e. The summed E-state index contributed by atoms with van der Waals surface area (Å²) >= 11 is 0. The third-order valence-corrected chi connectivity index (χ3v) is 2.88. The van der Waals surface area contributed by atoms with Gasteiger partial charge in [0.15, 0.2) is 5.78 Å². The second kappa shape index (κ2) is 5.55. The Bertz CT molecular complexity index is 678. The molecule has 0 aliphatic carbocycles. The molecule has 2 aromatic carbocycles. The Labute approximate surface area is 117 Å². The Kier molecular flexibility index (Phi) is 3.97. The number of halogens is 4. The van der Waals surface area contributed by atoms with Crippen LogP contribution < -0.4 is 0 Å². The fourth-order valence-electron chi connectivity index (χ4n) is 1.91. The van der Waals surface area contributed by atoms with Crippen molar-refractivity contribution < 1.29 is 27.5 Å². The number of carbonyl (C=O) groups excluding carboxylic acids is 1. The van der Waals surface area contributed by atoms with Crippen LogP contribution in [0.2, 0.25) is 0 Å². The summed E-state index contributed by atoms with van der Waals surface area (Å²) in [4.78, 5) is 11.9. The Balaban J connectivity index is 2.32. The van der Waals surface area contributed by atoms with Crippen LogP contribution in [-0.2, 0) is 12.6 Å². The number of rotatable bonds is 3. The minimum absolute atomic E-state index is 0.0789. The predicted octanol–water partition coefficient (Wildman–Crippen LogP) is 3.98. The van der Waals surface area contributed by atoms with Crippen LogP contribution in [0.5, 0.6) is 5.75 Å². The van der Waals surface area contributed by atoms with Crippen LogP contribution in [0, 0.1) is 5.82 Å². The quantitative estimate of drug-likeness (QED) is 0.687. The number of alkyl halides is 3. The molecule has 2 rings (SSSR count). The van der Waals surface area contributed by atoms with Crippen LogP contribution in [0.3, 0.4) is 0 Å². The van der Waals surface area contributed by atoms with E-state index >= 15 is 0 Å². The van der Waals surface area contributed by atoms with Crippen LogP contribution >= 0.6 is 0 Å². The molecule has 0 fully saturated rings. The Morgan fingerprint density at radius 1 is 1.10 bits per heavy atom. The monoisotopic (exact) mass is 298 g/mol. The number of aromatic hydroxyl groups is 1. The fraction of sp³-hybridized carbons (Fsp3) is 0.133. The summed E-state index contributed by atoms with van der Waals surface area (Å²) in [6, 6.07) is 8.27. The highest BCUT2D eigenvalue weighted by molar-refractivity contribution is 5.98. The first-order valence-corrected chi connectivity index (χ1v) is 5.96. The van der Waals surface area contributed by atoms with E-state index in [1.165, 1.54) is 24.3 Å². The first-order chi connectivity index (χ1) is 9.79. The van der Waals surface area contributed by atoms with Crippen LogP contribution in [0.25, 0.3) is 0 Å². The van der Waals surface area contributed by atoms with Crippen molar-refractivity contribution in [2.24, 2.45) is 0 Å². The van der Waals surface area contributed by atoms with Gasteiger partial charge in [-0.3, -0.25) is 4.79 Å². The molecular formula is C15H10F4O2. The number of carbonyl (C=O) groups is 1. The number of hydrogen-bond donors (Lipinski definition) is 1. The summed E-state index contributed by atoms with van der Waals surface area (Å²) < 4.78 is 51.6. The lowest BCUT2D eigenvalue weighted by Gasteiger charge is -2.10. The summed E-state index contributed by atoms with van der Waals surface area (Å²) in [6.45, 7) is 0. The van der Waals surface area contributed by atoms with Gasteiger partial charge < -0.3 is 5.11 Å². The van der Waals surface area contributed by atoms with E-state index in [2.05, 4.69) is 0 Å². The van der Waals surface area contributed by atoms with Gasteiger partial charge in [0.05, 0.1) is 11.1 Å². The van der Waals surface area contributed by atoms with Gasteiger partial charge in [-0.2, -0.15) is 13.2 Å². The maximum Gasteiger partial charge on any atom is 0.419 e. The molecule has 0 aliphatic rings. The van der Waals surface area contributed by atoms with E-state index in [1.54, 1.807) is 0 Å². The molecule has 0 aromatic heterocycles. The molecular weight excluding hydrogens is 288 g/mol. The molecule has 0 bridgehead atoms. The molecule has 0 aliphatic heterocycles. The Hall–Kier alpha value is -2.37. The summed E-state index contributed by atoms with van der Waals surface area (Å²) in [5.41, 5.74) is -1.70. The van der Waals surface area contributed by atoms with Crippen molar-refractivity contribution in [3.05, 3.63) is 65.0 Å². The van der Waals surface area contributed by atoms with Gasteiger partial charge in [0.2, 0.25) is 0 Å². The highest BCUT2D eigenvalue weighted by Crippen LogP contribution is 2.32. The first kappa shape index (κ1) is 15.0. The van der Waals surface area contributed by atoms with E-state index in [0.29, 0.717) is 11.6 Å². The number of hydrogen-bond acceptors (Lipinski definition) is 2. The molecule has 0 atom stereocenters. The van der Waals surface area contributed by atoms with Gasteiger partial charge in [-0.1, -0.05) is 18.2 Å². The summed E-state index contributed by atoms with van der Waals surface area (Å²) in [7, 11) is 0. The maximum absolute atomic E-state index is 13.8. The van der Waals surface area contributed by atoms with Gasteiger partial charge in [-0.25, -0.2) is 4.39 Å². The Morgan fingerprint density at radius 3 is 2.38 bits per heavy atom. The van der Waals surface area contributed by atoms with E-state index < -0.39 is 28.9 Å². The van der Waals surface area contributed by atoms with Crippen molar-refractivity contribution in [3.8, 4) is 5.75 Å². The van der Waals surface area contributed by atoms with E-state index in [4.69, 9.17) is 0 Å². The zero-order valence-electron chi connectivity index (χ0n) is 10.6. The lowest BCUT2D eigenvalue weighted by atomic mass is 10.00.